The van der Waals surface area contributed by atoms with Crippen LogP contribution < -0.4 is 13.2 Å². The minimum absolute atomic E-state index is 0. The van der Waals surface area contributed by atoms with Gasteiger partial charge in [-0.15, -0.1) is 0 Å². The molecule has 0 bridgehead atoms. The summed E-state index contributed by atoms with van der Waals surface area (Å²) >= 11 is -1.63. The second-order valence-corrected chi connectivity index (χ2v) is 9.68. The molecule has 0 aliphatic rings. The van der Waals surface area contributed by atoms with E-state index in [0.717, 1.165) is 0 Å². The molecule has 0 saturated heterocycles. The Labute approximate surface area is 150 Å². The normalized spacial score (nSPS) is 9.57. The molecule has 1 radical (unpaired) electrons. The van der Waals surface area contributed by atoms with Gasteiger partial charge in [-0.25, -0.2) is 0 Å². The maximum absolute atomic E-state index is 2.27. The summed E-state index contributed by atoms with van der Waals surface area (Å²) in [5, 5.41) is 0. The summed E-state index contributed by atoms with van der Waals surface area (Å²) in [7, 11) is 0. The van der Waals surface area contributed by atoms with Crippen molar-refractivity contribution in [3.63, 3.8) is 0 Å². The van der Waals surface area contributed by atoms with Crippen LogP contribution in [0, 0.1) is 0 Å². The van der Waals surface area contributed by atoms with E-state index in [1.807, 2.05) is 0 Å². The van der Waals surface area contributed by atoms with E-state index < -0.39 is 14.3 Å². The molecule has 21 heavy (non-hydrogen) atoms. The van der Waals surface area contributed by atoms with Crippen LogP contribution >= 0.6 is 0 Å². The summed E-state index contributed by atoms with van der Waals surface area (Å²) in [5.74, 6) is 0. The molecular weight excluding hydrogens is 417 g/mol. The van der Waals surface area contributed by atoms with Gasteiger partial charge in [0.1, 0.15) is 0 Å². The molecule has 101 valence electrons. The fourth-order valence-corrected chi connectivity index (χ4v) is 7.72. The summed E-state index contributed by atoms with van der Waals surface area (Å²) < 4.78 is 4.50. The second kappa shape index (κ2) is 9.17. The van der Waals surface area contributed by atoms with Gasteiger partial charge in [-0.3, -0.25) is 0 Å². The van der Waals surface area contributed by atoms with E-state index in [0.29, 0.717) is 0 Å². The van der Waals surface area contributed by atoms with E-state index in [-0.39, 0.29) is 32.8 Å². The van der Waals surface area contributed by atoms with Gasteiger partial charge in [0.15, 0.2) is 0 Å². The predicted molar refractivity (Wildman–Crippen MR) is 87.6 cm³/mol. The van der Waals surface area contributed by atoms with Gasteiger partial charge in [0, 0.05) is 27.3 Å². The summed E-state index contributed by atoms with van der Waals surface area (Å²) in [6, 6.07) is 32.8. The molecule has 1 nitrogen and oxygen atoms in total. The van der Waals surface area contributed by atoms with Crippen LogP contribution in [0.25, 0.3) is 0 Å². The molecule has 0 spiro atoms. The first kappa shape index (κ1) is 18.1. The van der Waals surface area contributed by atoms with Crippen LogP contribution in [0.2, 0.25) is 0 Å². The zero-order valence-electron chi connectivity index (χ0n) is 11.9. The van der Waals surface area contributed by atoms with E-state index in [9.17, 15) is 0 Å². The van der Waals surface area contributed by atoms with Crippen molar-refractivity contribution in [3.8, 4) is 0 Å². The fourth-order valence-electron chi connectivity index (χ4n) is 2.31. The Morgan fingerprint density at radius 1 is 0.429 bits per heavy atom. The van der Waals surface area contributed by atoms with Gasteiger partial charge in [0.05, 0.1) is 0 Å². The minimum atomic E-state index is -1.63. The predicted octanol–water partition coefficient (Wildman–Crippen LogP) is 1.38. The van der Waals surface area contributed by atoms with Crippen LogP contribution in [0.3, 0.4) is 0 Å². The Kier molecular flexibility index (Phi) is 7.92. The van der Waals surface area contributed by atoms with E-state index >= 15 is 0 Å². The van der Waals surface area contributed by atoms with Crippen LogP contribution in [0.4, 0.5) is 0 Å². The van der Waals surface area contributed by atoms with Gasteiger partial charge >= 0.3 is 119 Å². The molecule has 3 aromatic rings. The summed E-state index contributed by atoms with van der Waals surface area (Å²) in [4.78, 5) is 0. The van der Waals surface area contributed by atoms with Crippen molar-refractivity contribution in [1.29, 1.82) is 0 Å². The van der Waals surface area contributed by atoms with Crippen molar-refractivity contribution in [2.45, 2.75) is 0 Å². The molecule has 0 unspecified atom stereocenters. The van der Waals surface area contributed by atoms with E-state index in [2.05, 4.69) is 91.0 Å². The number of benzene rings is 3. The van der Waals surface area contributed by atoms with Crippen molar-refractivity contribution >= 4 is 27.5 Å². The average molecular weight is 434 g/mol. The van der Waals surface area contributed by atoms with E-state index in [1.54, 1.807) is 0 Å². The van der Waals surface area contributed by atoms with Gasteiger partial charge in [-0.1, -0.05) is 0 Å². The Morgan fingerprint density at radius 2 is 0.667 bits per heavy atom. The molecule has 0 fully saturated rings. The third-order valence-corrected chi connectivity index (χ3v) is 8.92. The summed E-state index contributed by atoms with van der Waals surface area (Å²) in [6.45, 7) is 0. The third kappa shape index (κ3) is 4.53. The van der Waals surface area contributed by atoms with Crippen molar-refractivity contribution in [2.75, 3.05) is 0 Å². The number of rotatable bonds is 3. The molecule has 0 heterocycles. The van der Waals surface area contributed by atoms with Crippen molar-refractivity contribution in [1.82, 2.24) is 0 Å². The van der Waals surface area contributed by atoms with Crippen LogP contribution in [0.5, 0.6) is 0 Å². The van der Waals surface area contributed by atoms with Gasteiger partial charge in [0.2, 0.25) is 0 Å². The SMILES string of the molecule is O.[Cd].c1cc[c]([Ge]([c]2ccccc2)[c]2ccccc2)cc1. The van der Waals surface area contributed by atoms with Gasteiger partial charge in [-0.2, -0.15) is 0 Å². The zero-order chi connectivity index (χ0) is 12.9. The molecule has 3 rings (SSSR count). The summed E-state index contributed by atoms with van der Waals surface area (Å²) in [5.41, 5.74) is 0. The third-order valence-electron chi connectivity index (χ3n) is 3.19. The quantitative estimate of drug-likeness (QED) is 0.558. The van der Waals surface area contributed by atoms with Gasteiger partial charge in [0.25, 0.3) is 0 Å². The Hall–Kier alpha value is -0.915. The Bertz CT molecular complexity index is 535. The van der Waals surface area contributed by atoms with Crippen molar-refractivity contribution < 1.29 is 32.8 Å². The van der Waals surface area contributed by atoms with Crippen LogP contribution in [0.15, 0.2) is 91.0 Å². The Balaban J connectivity index is 0.00000110. The molecule has 3 aromatic carbocycles. The molecular formula is C18H17CdGeO. The first-order valence-electron chi connectivity index (χ1n) is 6.48. The molecule has 0 atom stereocenters. The molecule has 0 aliphatic heterocycles. The number of hydrogen-bond donors (Lipinski definition) is 0. The molecule has 2 N–H and O–H groups in total. The first-order valence-corrected chi connectivity index (χ1v) is 9.63. The topological polar surface area (TPSA) is 31.5 Å². The zero-order valence-corrected chi connectivity index (χ0v) is 18.0. The maximum atomic E-state index is 2.27. The van der Waals surface area contributed by atoms with Crippen molar-refractivity contribution in [3.05, 3.63) is 91.0 Å². The molecule has 0 amide bonds. The van der Waals surface area contributed by atoms with Gasteiger partial charge in [-0.05, 0) is 0 Å². The molecule has 0 saturated carbocycles. The summed E-state index contributed by atoms with van der Waals surface area (Å²) in [6.07, 6.45) is 0. The van der Waals surface area contributed by atoms with Gasteiger partial charge < -0.3 is 5.48 Å². The van der Waals surface area contributed by atoms with E-state index in [4.69, 9.17) is 0 Å². The first-order chi connectivity index (χ1) is 9.45. The number of hydrogen-bond acceptors (Lipinski definition) is 0. The molecule has 0 aliphatic carbocycles. The van der Waals surface area contributed by atoms with Crippen LogP contribution in [-0.4, -0.2) is 19.8 Å². The monoisotopic (exact) mass is 437 g/mol. The second-order valence-electron chi connectivity index (χ2n) is 4.47. The standard InChI is InChI=1S/C18H15Ge.Cd.H2O/c1-4-10-16(11-5-1)19(17-12-6-2-7-13-17)18-14-8-3-9-15-18;;/h1-15H;;1H2. The fraction of sp³-hybridized carbons (Fsp3) is 0. The van der Waals surface area contributed by atoms with Crippen molar-refractivity contribution in [2.24, 2.45) is 0 Å². The molecule has 0 aromatic heterocycles. The van der Waals surface area contributed by atoms with Crippen LogP contribution in [-0.2, 0) is 27.3 Å². The molecule has 3 heteroatoms. The van der Waals surface area contributed by atoms with E-state index in [1.165, 1.54) is 13.2 Å². The Morgan fingerprint density at radius 3 is 0.905 bits per heavy atom. The average Bonchev–Trinajstić information content (AvgIpc) is 2.51. The van der Waals surface area contributed by atoms with Crippen LogP contribution in [0.1, 0.15) is 0 Å².